The molecule has 1 aliphatic heterocycles. The van der Waals surface area contributed by atoms with E-state index in [1.807, 2.05) is 18.9 Å². The van der Waals surface area contributed by atoms with Crippen molar-refractivity contribution in [2.45, 2.75) is 50.8 Å². The van der Waals surface area contributed by atoms with E-state index in [0.717, 1.165) is 44.2 Å². The molecule has 1 N–H and O–H groups in total. The summed E-state index contributed by atoms with van der Waals surface area (Å²) in [6.45, 7) is 6.29. The first kappa shape index (κ1) is 20.9. The molecule has 146 valence electrons. The van der Waals surface area contributed by atoms with Gasteiger partial charge in [-0.25, -0.2) is 8.42 Å². The number of piperidine rings is 1. The highest BCUT2D eigenvalue weighted by atomic mass is 32.2. The number of sulfonamides is 1. The highest BCUT2D eigenvalue weighted by Gasteiger charge is 2.26. The third-order valence-electron chi connectivity index (χ3n) is 4.74. The van der Waals surface area contributed by atoms with E-state index in [4.69, 9.17) is 0 Å². The summed E-state index contributed by atoms with van der Waals surface area (Å²) in [4.78, 5) is 14.5. The Labute approximate surface area is 157 Å². The zero-order chi connectivity index (χ0) is 19.2. The summed E-state index contributed by atoms with van der Waals surface area (Å²) in [7, 11) is -1.58. The van der Waals surface area contributed by atoms with Crippen LogP contribution in [0.1, 0.15) is 44.6 Å². The molecule has 0 saturated carbocycles. The van der Waals surface area contributed by atoms with Crippen LogP contribution in [0.4, 0.5) is 5.69 Å². The van der Waals surface area contributed by atoms with Gasteiger partial charge in [-0.1, -0.05) is 25.8 Å². The van der Waals surface area contributed by atoms with Crippen LogP contribution in [-0.4, -0.2) is 56.8 Å². The summed E-state index contributed by atoms with van der Waals surface area (Å²) in [5.41, 5.74) is 1.42. The molecular formula is C19H31N3O3S. The lowest BCUT2D eigenvalue weighted by Gasteiger charge is -2.26. The molecule has 1 aromatic rings. The van der Waals surface area contributed by atoms with Crippen LogP contribution in [0.3, 0.4) is 0 Å². The number of anilines is 1. The van der Waals surface area contributed by atoms with Gasteiger partial charge in [-0.2, -0.15) is 4.31 Å². The number of carbonyl (C=O) groups is 1. The molecule has 26 heavy (non-hydrogen) atoms. The number of benzene rings is 1. The van der Waals surface area contributed by atoms with Crippen molar-refractivity contribution >= 4 is 21.6 Å². The third kappa shape index (κ3) is 5.53. The number of amides is 1. The largest absolute Gasteiger partial charge is 0.325 e. The fourth-order valence-corrected chi connectivity index (χ4v) is 4.64. The van der Waals surface area contributed by atoms with Crippen LogP contribution in [0.25, 0.3) is 0 Å². The Balaban J connectivity index is 2.10. The van der Waals surface area contributed by atoms with E-state index in [2.05, 4.69) is 12.2 Å². The molecule has 0 bridgehead atoms. The van der Waals surface area contributed by atoms with E-state index in [9.17, 15) is 13.2 Å². The fraction of sp³-hybridized carbons (Fsp3) is 0.632. The number of unbranched alkanes of at least 4 members (excludes halogenated alkanes) is 1. The summed E-state index contributed by atoms with van der Waals surface area (Å²) in [5.74, 6) is -0.126. The Morgan fingerprint density at radius 1 is 1.23 bits per heavy atom. The van der Waals surface area contributed by atoms with Crippen molar-refractivity contribution in [2.75, 3.05) is 38.5 Å². The molecule has 1 amide bonds. The van der Waals surface area contributed by atoms with Gasteiger partial charge in [0.15, 0.2) is 0 Å². The monoisotopic (exact) mass is 381 g/mol. The van der Waals surface area contributed by atoms with Crippen molar-refractivity contribution in [3.63, 3.8) is 0 Å². The normalized spacial score (nSPS) is 16.0. The molecule has 1 heterocycles. The maximum Gasteiger partial charge on any atom is 0.243 e. The Kier molecular flexibility index (Phi) is 7.61. The molecular weight excluding hydrogens is 350 g/mol. The number of carbonyl (C=O) groups excluding carboxylic acids is 1. The molecule has 1 saturated heterocycles. The van der Waals surface area contributed by atoms with Gasteiger partial charge in [0.1, 0.15) is 0 Å². The lowest BCUT2D eigenvalue weighted by atomic mass is 10.2. The number of rotatable bonds is 8. The fourth-order valence-electron chi connectivity index (χ4n) is 3.09. The second-order valence-corrected chi connectivity index (χ2v) is 9.02. The summed E-state index contributed by atoms with van der Waals surface area (Å²) in [6.07, 6.45) is 5.01. The highest BCUT2D eigenvalue weighted by Crippen LogP contribution is 2.25. The Bertz CT molecular complexity index is 713. The molecule has 1 aliphatic rings. The van der Waals surface area contributed by atoms with Crippen molar-refractivity contribution in [1.82, 2.24) is 9.21 Å². The van der Waals surface area contributed by atoms with Crippen LogP contribution < -0.4 is 5.32 Å². The molecule has 0 atom stereocenters. The first-order chi connectivity index (χ1) is 12.3. The van der Waals surface area contributed by atoms with Gasteiger partial charge in [0.25, 0.3) is 0 Å². The molecule has 1 aromatic carbocycles. The van der Waals surface area contributed by atoms with Crippen molar-refractivity contribution in [2.24, 2.45) is 0 Å². The molecule has 6 nitrogen and oxygen atoms in total. The van der Waals surface area contributed by atoms with Crippen molar-refractivity contribution in [3.8, 4) is 0 Å². The van der Waals surface area contributed by atoms with E-state index in [1.54, 1.807) is 22.5 Å². The average molecular weight is 382 g/mol. The van der Waals surface area contributed by atoms with Crippen molar-refractivity contribution in [1.29, 1.82) is 0 Å². The summed E-state index contributed by atoms with van der Waals surface area (Å²) >= 11 is 0. The van der Waals surface area contributed by atoms with Crippen LogP contribution in [0.5, 0.6) is 0 Å². The van der Waals surface area contributed by atoms with Crippen LogP contribution in [-0.2, 0) is 14.8 Å². The van der Waals surface area contributed by atoms with Gasteiger partial charge in [0.05, 0.1) is 11.4 Å². The predicted molar refractivity (Wildman–Crippen MR) is 105 cm³/mol. The molecule has 0 spiro atoms. The minimum atomic E-state index is -3.50. The topological polar surface area (TPSA) is 69.7 Å². The maximum atomic E-state index is 12.8. The first-order valence-electron chi connectivity index (χ1n) is 9.43. The lowest BCUT2D eigenvalue weighted by molar-refractivity contribution is -0.117. The van der Waals surface area contributed by atoms with Crippen molar-refractivity contribution in [3.05, 3.63) is 23.8 Å². The highest BCUT2D eigenvalue weighted by molar-refractivity contribution is 7.89. The molecule has 0 radical (unpaired) electrons. The van der Waals surface area contributed by atoms with Crippen molar-refractivity contribution < 1.29 is 13.2 Å². The molecule has 2 rings (SSSR count). The van der Waals surface area contributed by atoms with Gasteiger partial charge in [0, 0.05) is 18.8 Å². The van der Waals surface area contributed by atoms with Gasteiger partial charge in [-0.3, -0.25) is 9.69 Å². The first-order valence-corrected chi connectivity index (χ1v) is 10.9. The van der Waals surface area contributed by atoms with Crippen LogP contribution in [0.2, 0.25) is 0 Å². The number of aryl methyl sites for hydroxylation is 1. The van der Waals surface area contributed by atoms with Crippen LogP contribution in [0.15, 0.2) is 23.1 Å². The predicted octanol–water partition coefficient (Wildman–Crippen LogP) is 2.84. The smallest absolute Gasteiger partial charge is 0.243 e. The third-order valence-corrected chi connectivity index (χ3v) is 6.64. The number of hydrogen-bond acceptors (Lipinski definition) is 4. The number of likely N-dealkylation sites (N-methyl/N-ethyl adjacent to an activating group) is 1. The maximum absolute atomic E-state index is 12.8. The SMILES string of the molecule is CCCCN(C)CC(=O)Nc1cc(S(=O)(=O)N2CCCCC2)ccc1C. The average Bonchev–Trinajstić information content (AvgIpc) is 2.62. The zero-order valence-electron chi connectivity index (χ0n) is 16.1. The standard InChI is InChI=1S/C19H31N3O3S/c1-4-5-11-21(3)15-19(23)20-18-14-17(10-9-16(18)2)26(24,25)22-12-7-6-8-13-22/h9-10,14H,4-8,11-13,15H2,1-3H3,(H,20,23). The van der Waals surface area contributed by atoms with E-state index in [0.29, 0.717) is 25.3 Å². The molecule has 0 aliphatic carbocycles. The Hall–Kier alpha value is -1.44. The van der Waals surface area contributed by atoms with Gasteiger partial charge in [0.2, 0.25) is 15.9 Å². The van der Waals surface area contributed by atoms with Gasteiger partial charge in [-0.05, 0) is 57.5 Å². The molecule has 7 heteroatoms. The minimum Gasteiger partial charge on any atom is -0.325 e. The molecule has 0 aromatic heterocycles. The quantitative estimate of drug-likeness (QED) is 0.752. The summed E-state index contributed by atoms with van der Waals surface area (Å²) < 4.78 is 27.2. The molecule has 1 fully saturated rings. The Morgan fingerprint density at radius 2 is 1.92 bits per heavy atom. The lowest BCUT2D eigenvalue weighted by Crippen LogP contribution is -2.35. The van der Waals surface area contributed by atoms with Gasteiger partial charge in [-0.15, -0.1) is 0 Å². The molecule has 0 unspecified atom stereocenters. The number of nitrogens with one attached hydrogen (secondary N) is 1. The Morgan fingerprint density at radius 3 is 2.58 bits per heavy atom. The van der Waals surface area contributed by atoms with Crippen LogP contribution in [0, 0.1) is 6.92 Å². The second-order valence-electron chi connectivity index (χ2n) is 7.08. The summed E-state index contributed by atoms with van der Waals surface area (Å²) in [5, 5.41) is 2.87. The number of hydrogen-bond donors (Lipinski definition) is 1. The number of nitrogens with zero attached hydrogens (tertiary/aromatic N) is 2. The minimum absolute atomic E-state index is 0.126. The van der Waals surface area contributed by atoms with Gasteiger partial charge >= 0.3 is 0 Å². The van der Waals surface area contributed by atoms with E-state index >= 15 is 0 Å². The van der Waals surface area contributed by atoms with Gasteiger partial charge < -0.3 is 5.32 Å². The van der Waals surface area contributed by atoms with E-state index < -0.39 is 10.0 Å². The summed E-state index contributed by atoms with van der Waals surface area (Å²) in [6, 6.07) is 4.97. The zero-order valence-corrected chi connectivity index (χ0v) is 16.9. The van der Waals surface area contributed by atoms with Crippen LogP contribution >= 0.6 is 0 Å². The van der Waals surface area contributed by atoms with E-state index in [-0.39, 0.29) is 10.8 Å². The van der Waals surface area contributed by atoms with E-state index in [1.165, 1.54) is 0 Å². The second kappa shape index (κ2) is 9.48.